The van der Waals surface area contributed by atoms with Crippen LogP contribution in [0.3, 0.4) is 0 Å². The van der Waals surface area contributed by atoms with Gasteiger partial charge in [0, 0.05) is 30.8 Å². The minimum Gasteiger partial charge on any atom is -0.467 e. The van der Waals surface area contributed by atoms with E-state index in [1.54, 1.807) is 30.8 Å². The van der Waals surface area contributed by atoms with E-state index in [-0.39, 0.29) is 11.7 Å². The predicted octanol–water partition coefficient (Wildman–Crippen LogP) is 4.14. The molecule has 1 atom stereocenters. The molecule has 4 rings (SSSR count). The topological polar surface area (TPSA) is 65.0 Å². The number of carbonyl (C=O) groups is 1. The zero-order chi connectivity index (χ0) is 21.3. The van der Waals surface area contributed by atoms with Gasteiger partial charge >= 0.3 is 0 Å². The largest absolute Gasteiger partial charge is 0.467 e. The number of hydrogen-bond donors (Lipinski definition) is 1. The number of furan rings is 1. The maximum Gasteiger partial charge on any atom is 0.253 e. The van der Waals surface area contributed by atoms with Gasteiger partial charge in [0.05, 0.1) is 18.4 Å². The van der Waals surface area contributed by atoms with Crippen molar-refractivity contribution in [3.8, 4) is 0 Å². The molecule has 1 N–H and O–H groups in total. The van der Waals surface area contributed by atoms with Crippen LogP contribution in [0, 0.1) is 19.7 Å². The Labute approximate surface area is 174 Å². The van der Waals surface area contributed by atoms with Crippen molar-refractivity contribution in [2.24, 2.45) is 7.05 Å². The summed E-state index contributed by atoms with van der Waals surface area (Å²) in [5, 5.41) is 3.03. The maximum atomic E-state index is 13.9. The van der Waals surface area contributed by atoms with Crippen LogP contribution < -0.4 is 5.32 Å². The Balaban J connectivity index is 1.66. The van der Waals surface area contributed by atoms with Crippen molar-refractivity contribution in [1.82, 2.24) is 19.4 Å². The summed E-state index contributed by atoms with van der Waals surface area (Å²) in [6, 6.07) is 11.2. The normalized spacial score (nSPS) is 12.1. The smallest absolute Gasteiger partial charge is 0.253 e. The summed E-state index contributed by atoms with van der Waals surface area (Å²) >= 11 is 0. The van der Waals surface area contributed by atoms with Crippen LogP contribution in [0.15, 0.2) is 65.5 Å². The van der Waals surface area contributed by atoms with Crippen LogP contribution in [-0.4, -0.2) is 20.0 Å². The van der Waals surface area contributed by atoms with Gasteiger partial charge in [-0.3, -0.25) is 4.79 Å². The van der Waals surface area contributed by atoms with Crippen molar-refractivity contribution in [2.45, 2.75) is 26.4 Å². The summed E-state index contributed by atoms with van der Waals surface area (Å²) in [5.74, 6) is 0.830. The SMILES string of the molecule is Cc1cc(C(=O)NC(c2cccc(F)c2)c2nccn2C)c(C)n1Cc1ccco1. The average molecular weight is 406 g/mol. The lowest BCUT2D eigenvalue weighted by atomic mass is 10.0. The van der Waals surface area contributed by atoms with E-state index < -0.39 is 6.04 Å². The molecule has 3 aromatic heterocycles. The highest BCUT2D eigenvalue weighted by Gasteiger charge is 2.24. The molecule has 30 heavy (non-hydrogen) atoms. The molecular formula is C23H23FN4O2. The van der Waals surface area contributed by atoms with Crippen LogP contribution in [0.2, 0.25) is 0 Å². The second-order valence-electron chi connectivity index (χ2n) is 7.31. The van der Waals surface area contributed by atoms with Crippen molar-refractivity contribution in [3.63, 3.8) is 0 Å². The van der Waals surface area contributed by atoms with E-state index >= 15 is 0 Å². The van der Waals surface area contributed by atoms with Crippen LogP contribution in [-0.2, 0) is 13.6 Å². The first-order valence-electron chi connectivity index (χ1n) is 9.66. The van der Waals surface area contributed by atoms with Gasteiger partial charge in [-0.25, -0.2) is 9.37 Å². The summed E-state index contributed by atoms with van der Waals surface area (Å²) in [6.45, 7) is 4.41. The molecule has 0 radical (unpaired) electrons. The Bertz CT molecular complexity index is 1170. The highest BCUT2D eigenvalue weighted by molar-refractivity contribution is 5.96. The first-order valence-corrected chi connectivity index (χ1v) is 9.66. The number of nitrogens with one attached hydrogen (secondary N) is 1. The van der Waals surface area contributed by atoms with Gasteiger partial charge < -0.3 is 18.9 Å². The second kappa shape index (κ2) is 8.02. The standard InChI is InChI=1S/C23H23FN4O2/c1-15-12-20(16(2)28(15)14-19-8-5-11-30-19)23(29)26-21(22-25-9-10-27(22)3)17-6-4-7-18(24)13-17/h4-13,21H,14H2,1-3H3,(H,26,29). The summed E-state index contributed by atoms with van der Waals surface area (Å²) in [6.07, 6.45) is 5.08. The molecule has 0 aliphatic heterocycles. The second-order valence-corrected chi connectivity index (χ2v) is 7.31. The molecule has 154 valence electrons. The third-order valence-corrected chi connectivity index (χ3v) is 5.29. The molecule has 4 aromatic rings. The number of hydrogen-bond acceptors (Lipinski definition) is 3. The van der Waals surface area contributed by atoms with E-state index in [9.17, 15) is 9.18 Å². The molecule has 0 bridgehead atoms. The van der Waals surface area contributed by atoms with E-state index in [0.29, 0.717) is 23.5 Å². The Morgan fingerprint density at radius 2 is 2.07 bits per heavy atom. The number of aryl methyl sites for hydroxylation is 2. The van der Waals surface area contributed by atoms with Crippen LogP contribution >= 0.6 is 0 Å². The third-order valence-electron chi connectivity index (χ3n) is 5.29. The summed E-state index contributed by atoms with van der Waals surface area (Å²) in [5.41, 5.74) is 2.98. The van der Waals surface area contributed by atoms with Gasteiger partial charge in [0.15, 0.2) is 0 Å². The van der Waals surface area contributed by atoms with E-state index in [0.717, 1.165) is 17.1 Å². The monoisotopic (exact) mass is 406 g/mol. The quantitative estimate of drug-likeness (QED) is 0.523. The highest BCUT2D eigenvalue weighted by atomic mass is 19.1. The molecule has 0 fully saturated rings. The van der Waals surface area contributed by atoms with Crippen molar-refractivity contribution >= 4 is 5.91 Å². The molecule has 1 unspecified atom stereocenters. The lowest BCUT2D eigenvalue weighted by Gasteiger charge is -2.19. The fraction of sp³-hybridized carbons (Fsp3) is 0.217. The molecule has 0 saturated carbocycles. The average Bonchev–Trinajstić information content (AvgIpc) is 3.44. The highest BCUT2D eigenvalue weighted by Crippen LogP contribution is 2.24. The van der Waals surface area contributed by atoms with Gasteiger partial charge in [0.1, 0.15) is 23.4 Å². The maximum absolute atomic E-state index is 13.9. The molecule has 0 spiro atoms. The van der Waals surface area contributed by atoms with E-state index in [2.05, 4.69) is 10.3 Å². The van der Waals surface area contributed by atoms with Crippen molar-refractivity contribution < 1.29 is 13.6 Å². The molecule has 3 heterocycles. The number of rotatable bonds is 6. The van der Waals surface area contributed by atoms with E-state index in [4.69, 9.17) is 4.42 Å². The van der Waals surface area contributed by atoms with Crippen LogP contribution in [0.1, 0.15) is 44.9 Å². The molecule has 0 saturated heterocycles. The molecular weight excluding hydrogens is 383 g/mol. The first kappa shape index (κ1) is 19.7. The van der Waals surface area contributed by atoms with Gasteiger partial charge in [-0.05, 0) is 49.7 Å². The fourth-order valence-corrected chi connectivity index (χ4v) is 3.68. The molecule has 0 aliphatic carbocycles. The van der Waals surface area contributed by atoms with Gasteiger partial charge in [0.2, 0.25) is 0 Å². The molecule has 7 heteroatoms. The Morgan fingerprint density at radius 3 is 2.73 bits per heavy atom. The Kier molecular flexibility index (Phi) is 5.27. The van der Waals surface area contributed by atoms with E-state index in [1.165, 1.54) is 12.1 Å². The summed E-state index contributed by atoms with van der Waals surface area (Å²) in [7, 11) is 1.84. The van der Waals surface area contributed by atoms with Gasteiger partial charge in [-0.1, -0.05) is 12.1 Å². The fourth-order valence-electron chi connectivity index (χ4n) is 3.68. The minimum absolute atomic E-state index is 0.244. The number of imidazole rings is 1. The molecule has 6 nitrogen and oxygen atoms in total. The van der Waals surface area contributed by atoms with Crippen LogP contribution in [0.25, 0.3) is 0 Å². The number of aromatic nitrogens is 3. The number of nitrogens with zero attached hydrogens (tertiary/aromatic N) is 3. The number of halogens is 1. The van der Waals surface area contributed by atoms with Gasteiger partial charge in [-0.15, -0.1) is 0 Å². The Hall–Kier alpha value is -3.61. The Morgan fingerprint density at radius 1 is 1.23 bits per heavy atom. The van der Waals surface area contributed by atoms with Crippen molar-refractivity contribution in [2.75, 3.05) is 0 Å². The summed E-state index contributed by atoms with van der Waals surface area (Å²) < 4.78 is 23.2. The third kappa shape index (κ3) is 3.78. The van der Waals surface area contributed by atoms with Gasteiger partial charge in [-0.2, -0.15) is 0 Å². The van der Waals surface area contributed by atoms with Crippen molar-refractivity contribution in [1.29, 1.82) is 0 Å². The number of amides is 1. The van der Waals surface area contributed by atoms with Gasteiger partial charge in [0.25, 0.3) is 5.91 Å². The van der Waals surface area contributed by atoms with Crippen molar-refractivity contribution in [3.05, 3.63) is 101 Å². The molecule has 1 aromatic carbocycles. The summed E-state index contributed by atoms with van der Waals surface area (Å²) in [4.78, 5) is 17.6. The lowest BCUT2D eigenvalue weighted by Crippen LogP contribution is -2.31. The van der Waals surface area contributed by atoms with Crippen LogP contribution in [0.5, 0.6) is 0 Å². The minimum atomic E-state index is -0.582. The zero-order valence-electron chi connectivity index (χ0n) is 17.1. The lowest BCUT2D eigenvalue weighted by molar-refractivity contribution is 0.0940. The number of carbonyl (C=O) groups excluding carboxylic acids is 1. The zero-order valence-corrected chi connectivity index (χ0v) is 17.1. The molecule has 0 aliphatic rings. The van der Waals surface area contributed by atoms with E-state index in [1.807, 2.05) is 48.2 Å². The predicted molar refractivity (Wildman–Crippen MR) is 111 cm³/mol. The first-order chi connectivity index (χ1) is 14.4. The van der Waals surface area contributed by atoms with Crippen LogP contribution in [0.4, 0.5) is 4.39 Å². The molecule has 1 amide bonds. The number of benzene rings is 1.